The van der Waals surface area contributed by atoms with Gasteiger partial charge in [0.25, 0.3) is 0 Å². The first-order valence-electron chi connectivity index (χ1n) is 5.66. The molecule has 2 aliphatic rings. The molecule has 1 aliphatic heterocycles. The molecule has 13 heavy (non-hydrogen) atoms. The third-order valence-corrected chi connectivity index (χ3v) is 3.44. The maximum absolute atomic E-state index is 9.25. The Balaban J connectivity index is 1.69. The first-order chi connectivity index (χ1) is 6.25. The van der Waals surface area contributed by atoms with Crippen LogP contribution in [0.5, 0.6) is 0 Å². The van der Waals surface area contributed by atoms with Crippen molar-refractivity contribution in [1.29, 1.82) is 0 Å². The fraction of sp³-hybridized carbons (Fsp3) is 1.00. The molecule has 0 aromatic rings. The minimum Gasteiger partial charge on any atom is -0.392 e. The molecule has 1 aliphatic carbocycles. The monoisotopic (exact) mass is 183 g/mol. The molecule has 1 saturated heterocycles. The molecule has 1 saturated carbocycles. The highest BCUT2D eigenvalue weighted by Crippen LogP contribution is 2.41. The van der Waals surface area contributed by atoms with Crippen LogP contribution in [0.25, 0.3) is 0 Å². The molecule has 1 atom stereocenters. The largest absolute Gasteiger partial charge is 0.392 e. The lowest BCUT2D eigenvalue weighted by molar-refractivity contribution is 0.0963. The summed E-state index contributed by atoms with van der Waals surface area (Å²) in [6.45, 7) is 5.18. The molecule has 1 unspecified atom stereocenters. The van der Waals surface area contributed by atoms with E-state index in [1.165, 1.54) is 38.8 Å². The molecular formula is C11H21NO. The summed E-state index contributed by atoms with van der Waals surface area (Å²) in [5.41, 5.74) is 0. The van der Waals surface area contributed by atoms with E-state index < -0.39 is 0 Å². The number of hydrogen-bond donors (Lipinski definition) is 1. The van der Waals surface area contributed by atoms with Crippen LogP contribution in [0, 0.1) is 11.8 Å². The van der Waals surface area contributed by atoms with Crippen LogP contribution in [0.15, 0.2) is 0 Å². The molecule has 0 bridgehead atoms. The lowest BCUT2D eigenvalue weighted by atomic mass is 9.92. The standard InChI is InChI=1S/C11H21NO/c1-9(13)8-12-6-4-11(5-7-12)10-2-3-10/h9-11,13H,2-8H2,1H3. The SMILES string of the molecule is CC(O)CN1CCC(C2CC2)CC1. The topological polar surface area (TPSA) is 23.5 Å². The molecule has 2 nitrogen and oxygen atoms in total. The number of likely N-dealkylation sites (tertiary alicyclic amines) is 1. The molecule has 0 aromatic carbocycles. The van der Waals surface area contributed by atoms with E-state index in [9.17, 15) is 5.11 Å². The highest BCUT2D eigenvalue weighted by atomic mass is 16.3. The number of β-amino-alcohol motifs (C(OH)–C–C–N with tert-alkyl or cyclic N) is 1. The zero-order valence-electron chi connectivity index (χ0n) is 8.58. The van der Waals surface area contributed by atoms with Gasteiger partial charge in [0.05, 0.1) is 6.10 Å². The Labute approximate surface area is 80.9 Å². The van der Waals surface area contributed by atoms with E-state index in [0.717, 1.165) is 18.4 Å². The summed E-state index contributed by atoms with van der Waals surface area (Å²) < 4.78 is 0. The van der Waals surface area contributed by atoms with E-state index >= 15 is 0 Å². The van der Waals surface area contributed by atoms with Crippen LogP contribution in [0.2, 0.25) is 0 Å². The highest BCUT2D eigenvalue weighted by molar-refractivity contribution is 4.85. The van der Waals surface area contributed by atoms with E-state index in [1.807, 2.05) is 6.92 Å². The van der Waals surface area contributed by atoms with E-state index in [1.54, 1.807) is 0 Å². The van der Waals surface area contributed by atoms with E-state index in [2.05, 4.69) is 4.90 Å². The van der Waals surface area contributed by atoms with Gasteiger partial charge in [0, 0.05) is 6.54 Å². The van der Waals surface area contributed by atoms with Crippen LogP contribution < -0.4 is 0 Å². The molecule has 0 spiro atoms. The molecule has 76 valence electrons. The molecule has 1 heterocycles. The number of aliphatic hydroxyl groups is 1. The first-order valence-corrected chi connectivity index (χ1v) is 5.66. The lowest BCUT2D eigenvalue weighted by Gasteiger charge is -2.32. The van der Waals surface area contributed by atoms with Crippen LogP contribution in [-0.2, 0) is 0 Å². The number of piperidine rings is 1. The van der Waals surface area contributed by atoms with E-state index in [0.29, 0.717) is 0 Å². The maximum Gasteiger partial charge on any atom is 0.0639 e. The molecule has 0 aromatic heterocycles. The zero-order chi connectivity index (χ0) is 9.26. The summed E-state index contributed by atoms with van der Waals surface area (Å²) >= 11 is 0. The van der Waals surface area contributed by atoms with Crippen molar-refractivity contribution in [2.45, 2.75) is 38.7 Å². The molecule has 0 amide bonds. The maximum atomic E-state index is 9.25. The fourth-order valence-electron chi connectivity index (χ4n) is 2.55. The molecule has 2 fully saturated rings. The quantitative estimate of drug-likeness (QED) is 0.716. The summed E-state index contributed by atoms with van der Waals surface area (Å²) in [5, 5.41) is 9.25. The van der Waals surface area contributed by atoms with Gasteiger partial charge in [-0.2, -0.15) is 0 Å². The Kier molecular flexibility index (Phi) is 2.89. The van der Waals surface area contributed by atoms with Crippen molar-refractivity contribution in [3.05, 3.63) is 0 Å². The second-order valence-corrected chi connectivity index (χ2v) is 4.82. The highest BCUT2D eigenvalue weighted by Gasteiger charge is 2.33. The smallest absolute Gasteiger partial charge is 0.0639 e. The molecule has 2 rings (SSSR count). The van der Waals surface area contributed by atoms with Gasteiger partial charge in [0.15, 0.2) is 0 Å². The van der Waals surface area contributed by atoms with Gasteiger partial charge < -0.3 is 10.0 Å². The Morgan fingerprint density at radius 1 is 1.15 bits per heavy atom. The van der Waals surface area contributed by atoms with E-state index in [4.69, 9.17) is 0 Å². The summed E-state index contributed by atoms with van der Waals surface area (Å²) in [7, 11) is 0. The predicted octanol–water partition coefficient (Wildman–Crippen LogP) is 1.49. The predicted molar refractivity (Wildman–Crippen MR) is 53.6 cm³/mol. The second kappa shape index (κ2) is 3.97. The van der Waals surface area contributed by atoms with Gasteiger partial charge >= 0.3 is 0 Å². The van der Waals surface area contributed by atoms with Crippen LogP contribution >= 0.6 is 0 Å². The van der Waals surface area contributed by atoms with Crippen molar-refractivity contribution in [3.63, 3.8) is 0 Å². The Bertz CT molecular complexity index is 157. The van der Waals surface area contributed by atoms with E-state index in [-0.39, 0.29) is 6.10 Å². The molecule has 1 N–H and O–H groups in total. The van der Waals surface area contributed by atoms with Crippen molar-refractivity contribution in [2.75, 3.05) is 19.6 Å². The summed E-state index contributed by atoms with van der Waals surface area (Å²) in [5.74, 6) is 2.10. The fourth-order valence-corrected chi connectivity index (χ4v) is 2.55. The number of aliphatic hydroxyl groups excluding tert-OH is 1. The third-order valence-electron chi connectivity index (χ3n) is 3.44. The lowest BCUT2D eigenvalue weighted by Crippen LogP contribution is -2.38. The van der Waals surface area contributed by atoms with Gasteiger partial charge in [-0.05, 0) is 57.5 Å². The van der Waals surface area contributed by atoms with Gasteiger partial charge in [-0.15, -0.1) is 0 Å². The Morgan fingerprint density at radius 3 is 2.15 bits per heavy atom. The average Bonchev–Trinajstić information content (AvgIpc) is 2.87. The van der Waals surface area contributed by atoms with Crippen LogP contribution in [0.4, 0.5) is 0 Å². The summed E-state index contributed by atoms with van der Waals surface area (Å²) in [6.07, 6.45) is 5.56. The Morgan fingerprint density at radius 2 is 1.69 bits per heavy atom. The molecule has 0 radical (unpaired) electrons. The summed E-state index contributed by atoms with van der Waals surface area (Å²) in [6, 6.07) is 0. The number of rotatable bonds is 3. The van der Waals surface area contributed by atoms with Crippen molar-refractivity contribution in [1.82, 2.24) is 4.90 Å². The van der Waals surface area contributed by atoms with Crippen molar-refractivity contribution in [2.24, 2.45) is 11.8 Å². The van der Waals surface area contributed by atoms with Gasteiger partial charge in [0.1, 0.15) is 0 Å². The average molecular weight is 183 g/mol. The van der Waals surface area contributed by atoms with Crippen LogP contribution in [0.3, 0.4) is 0 Å². The molecule has 2 heteroatoms. The molecular weight excluding hydrogens is 162 g/mol. The third kappa shape index (κ3) is 2.68. The number of hydrogen-bond acceptors (Lipinski definition) is 2. The van der Waals surface area contributed by atoms with Crippen molar-refractivity contribution < 1.29 is 5.11 Å². The summed E-state index contributed by atoms with van der Waals surface area (Å²) in [4.78, 5) is 2.41. The minimum atomic E-state index is -0.155. The van der Waals surface area contributed by atoms with Gasteiger partial charge in [0.2, 0.25) is 0 Å². The van der Waals surface area contributed by atoms with Gasteiger partial charge in [-0.25, -0.2) is 0 Å². The van der Waals surface area contributed by atoms with Gasteiger partial charge in [-0.3, -0.25) is 0 Å². The number of nitrogens with zero attached hydrogens (tertiary/aromatic N) is 1. The van der Waals surface area contributed by atoms with Crippen LogP contribution in [0.1, 0.15) is 32.6 Å². The van der Waals surface area contributed by atoms with Crippen molar-refractivity contribution >= 4 is 0 Å². The zero-order valence-corrected chi connectivity index (χ0v) is 8.58. The minimum absolute atomic E-state index is 0.155. The van der Waals surface area contributed by atoms with Crippen LogP contribution in [-0.4, -0.2) is 35.7 Å². The van der Waals surface area contributed by atoms with Gasteiger partial charge in [-0.1, -0.05) is 0 Å². The normalized spacial score (nSPS) is 29.1. The van der Waals surface area contributed by atoms with Crippen molar-refractivity contribution in [3.8, 4) is 0 Å². The Hall–Kier alpha value is -0.0800. The second-order valence-electron chi connectivity index (χ2n) is 4.82. The first kappa shape index (κ1) is 9.47.